The highest BCUT2D eigenvalue weighted by Gasteiger charge is 2.29. The molecule has 25 heavy (non-hydrogen) atoms. The quantitative estimate of drug-likeness (QED) is 0.818. The largest absolute Gasteiger partial charge is 0.469 e. The summed E-state index contributed by atoms with van der Waals surface area (Å²) in [6.45, 7) is 0. The molecule has 1 fully saturated rings. The van der Waals surface area contributed by atoms with Gasteiger partial charge in [0, 0.05) is 11.6 Å². The van der Waals surface area contributed by atoms with Crippen molar-refractivity contribution < 1.29 is 22.4 Å². The van der Waals surface area contributed by atoms with Crippen LogP contribution in [0.5, 0.6) is 0 Å². The SMILES string of the molecule is COC(=O)C1CCC(NS(=O)(=O)c2ccc(-c3ncco3)cc2)CC1. The number of esters is 1. The van der Waals surface area contributed by atoms with Gasteiger partial charge in [0.2, 0.25) is 15.9 Å². The van der Waals surface area contributed by atoms with E-state index in [0.29, 0.717) is 37.1 Å². The van der Waals surface area contributed by atoms with Gasteiger partial charge in [-0.05, 0) is 49.9 Å². The molecule has 134 valence electrons. The van der Waals surface area contributed by atoms with Crippen LogP contribution in [0, 0.1) is 5.92 Å². The molecule has 1 N–H and O–H groups in total. The molecule has 1 aromatic heterocycles. The number of ether oxygens (including phenoxy) is 1. The van der Waals surface area contributed by atoms with Crippen molar-refractivity contribution in [1.29, 1.82) is 0 Å². The molecule has 0 atom stereocenters. The van der Waals surface area contributed by atoms with E-state index in [9.17, 15) is 13.2 Å². The normalized spacial score (nSPS) is 21.0. The Morgan fingerprint density at radius 3 is 2.44 bits per heavy atom. The number of benzene rings is 1. The van der Waals surface area contributed by atoms with Crippen molar-refractivity contribution in [3.8, 4) is 11.5 Å². The molecule has 0 unspecified atom stereocenters. The van der Waals surface area contributed by atoms with Crippen LogP contribution in [0.2, 0.25) is 0 Å². The van der Waals surface area contributed by atoms with E-state index in [1.54, 1.807) is 12.1 Å². The van der Waals surface area contributed by atoms with Gasteiger partial charge in [-0.1, -0.05) is 0 Å². The third kappa shape index (κ3) is 4.08. The number of rotatable bonds is 5. The van der Waals surface area contributed by atoms with Crippen LogP contribution in [0.4, 0.5) is 0 Å². The molecule has 0 amide bonds. The number of aromatic nitrogens is 1. The Bertz CT molecular complexity index is 807. The summed E-state index contributed by atoms with van der Waals surface area (Å²) in [5, 5.41) is 0. The fourth-order valence-corrected chi connectivity index (χ4v) is 4.35. The molecular weight excluding hydrogens is 344 g/mol. The number of hydrogen-bond donors (Lipinski definition) is 1. The lowest BCUT2D eigenvalue weighted by atomic mass is 9.86. The summed E-state index contributed by atoms with van der Waals surface area (Å²) < 4.78 is 37.7. The molecule has 1 aromatic carbocycles. The summed E-state index contributed by atoms with van der Waals surface area (Å²) in [7, 11) is -2.23. The number of carbonyl (C=O) groups is 1. The number of carbonyl (C=O) groups excluding carboxylic acids is 1. The Hall–Kier alpha value is -2.19. The summed E-state index contributed by atoms with van der Waals surface area (Å²) in [6, 6.07) is 6.21. The predicted molar refractivity (Wildman–Crippen MR) is 90.0 cm³/mol. The maximum Gasteiger partial charge on any atom is 0.308 e. The highest BCUT2D eigenvalue weighted by atomic mass is 32.2. The van der Waals surface area contributed by atoms with Gasteiger partial charge in [-0.2, -0.15) is 0 Å². The van der Waals surface area contributed by atoms with Crippen molar-refractivity contribution in [2.24, 2.45) is 5.92 Å². The fraction of sp³-hybridized carbons (Fsp3) is 0.412. The van der Waals surface area contributed by atoms with Crippen molar-refractivity contribution in [3.05, 3.63) is 36.7 Å². The number of nitrogens with zero attached hydrogens (tertiary/aromatic N) is 1. The summed E-state index contributed by atoms with van der Waals surface area (Å²) in [4.78, 5) is 15.8. The van der Waals surface area contributed by atoms with E-state index in [4.69, 9.17) is 9.15 Å². The second kappa shape index (κ2) is 7.37. The maximum atomic E-state index is 12.5. The van der Waals surface area contributed by atoms with Crippen molar-refractivity contribution in [2.75, 3.05) is 7.11 Å². The van der Waals surface area contributed by atoms with Gasteiger partial charge >= 0.3 is 5.97 Å². The molecule has 0 aliphatic heterocycles. The molecule has 1 aliphatic rings. The minimum atomic E-state index is -3.61. The van der Waals surface area contributed by atoms with Crippen molar-refractivity contribution >= 4 is 16.0 Å². The molecule has 1 heterocycles. The van der Waals surface area contributed by atoms with E-state index < -0.39 is 10.0 Å². The molecule has 2 aromatic rings. The topological polar surface area (TPSA) is 98.5 Å². The van der Waals surface area contributed by atoms with Gasteiger partial charge in [-0.25, -0.2) is 18.1 Å². The van der Waals surface area contributed by atoms with Gasteiger partial charge in [0.1, 0.15) is 6.26 Å². The van der Waals surface area contributed by atoms with E-state index in [0.717, 1.165) is 0 Å². The highest BCUT2D eigenvalue weighted by Crippen LogP contribution is 2.27. The van der Waals surface area contributed by atoms with E-state index in [1.165, 1.54) is 31.7 Å². The average molecular weight is 364 g/mol. The molecule has 7 nitrogen and oxygen atoms in total. The predicted octanol–water partition coefficient (Wildman–Crippen LogP) is 2.35. The number of nitrogens with one attached hydrogen (secondary N) is 1. The molecule has 0 radical (unpaired) electrons. The van der Waals surface area contributed by atoms with E-state index >= 15 is 0 Å². The fourth-order valence-electron chi connectivity index (χ4n) is 3.04. The summed E-state index contributed by atoms with van der Waals surface area (Å²) in [5.74, 6) is 0.0901. The second-order valence-corrected chi connectivity index (χ2v) is 7.77. The summed E-state index contributed by atoms with van der Waals surface area (Å²) in [6.07, 6.45) is 5.49. The second-order valence-electron chi connectivity index (χ2n) is 6.05. The molecule has 1 aliphatic carbocycles. The van der Waals surface area contributed by atoms with E-state index in [-0.39, 0.29) is 22.8 Å². The van der Waals surface area contributed by atoms with Gasteiger partial charge in [0.15, 0.2) is 0 Å². The zero-order valence-corrected chi connectivity index (χ0v) is 14.7. The monoisotopic (exact) mass is 364 g/mol. The molecule has 8 heteroatoms. The van der Waals surface area contributed by atoms with E-state index in [1.807, 2.05) is 0 Å². The first kappa shape index (κ1) is 17.6. The van der Waals surface area contributed by atoms with E-state index in [2.05, 4.69) is 9.71 Å². The third-order valence-corrected chi connectivity index (χ3v) is 5.96. The lowest BCUT2D eigenvalue weighted by molar-refractivity contribution is -0.146. The van der Waals surface area contributed by atoms with Crippen molar-refractivity contribution in [2.45, 2.75) is 36.6 Å². The van der Waals surface area contributed by atoms with Crippen molar-refractivity contribution in [3.63, 3.8) is 0 Å². The first-order chi connectivity index (χ1) is 12.0. The number of sulfonamides is 1. The lowest BCUT2D eigenvalue weighted by Crippen LogP contribution is -2.38. The molecule has 0 spiro atoms. The first-order valence-electron chi connectivity index (χ1n) is 8.09. The van der Waals surface area contributed by atoms with Gasteiger partial charge in [0.25, 0.3) is 0 Å². The van der Waals surface area contributed by atoms with Gasteiger partial charge < -0.3 is 9.15 Å². The Morgan fingerprint density at radius 2 is 1.88 bits per heavy atom. The highest BCUT2D eigenvalue weighted by molar-refractivity contribution is 7.89. The zero-order chi connectivity index (χ0) is 17.9. The van der Waals surface area contributed by atoms with Crippen LogP contribution in [0.15, 0.2) is 46.0 Å². The number of oxazole rings is 1. The van der Waals surface area contributed by atoms with Gasteiger partial charge in [0.05, 0.1) is 24.1 Å². The minimum Gasteiger partial charge on any atom is -0.469 e. The summed E-state index contributed by atoms with van der Waals surface area (Å²) >= 11 is 0. The molecule has 0 saturated heterocycles. The van der Waals surface area contributed by atoms with Crippen molar-refractivity contribution in [1.82, 2.24) is 9.71 Å². The van der Waals surface area contributed by atoms with Crippen LogP contribution >= 0.6 is 0 Å². The molecule has 3 rings (SSSR count). The molecule has 0 bridgehead atoms. The van der Waals surface area contributed by atoms with Gasteiger partial charge in [-0.3, -0.25) is 4.79 Å². The number of methoxy groups -OCH3 is 1. The Kier molecular flexibility index (Phi) is 5.19. The standard InChI is InChI=1S/C17H20N2O5S/c1-23-17(20)13-2-6-14(7-3-13)19-25(21,22)15-8-4-12(5-9-15)16-18-10-11-24-16/h4-5,8-11,13-14,19H,2-3,6-7H2,1H3. The maximum absolute atomic E-state index is 12.5. The Labute approximate surface area is 146 Å². The zero-order valence-electron chi connectivity index (χ0n) is 13.8. The van der Waals surface area contributed by atoms with Crippen LogP contribution in [-0.2, 0) is 19.6 Å². The number of hydrogen-bond acceptors (Lipinski definition) is 6. The smallest absolute Gasteiger partial charge is 0.308 e. The van der Waals surface area contributed by atoms with Crippen LogP contribution in [-0.4, -0.2) is 32.5 Å². The average Bonchev–Trinajstić information content (AvgIpc) is 3.16. The Balaban J connectivity index is 1.63. The lowest BCUT2D eigenvalue weighted by Gasteiger charge is -2.27. The minimum absolute atomic E-state index is 0.133. The first-order valence-corrected chi connectivity index (χ1v) is 9.58. The third-order valence-electron chi connectivity index (χ3n) is 4.43. The summed E-state index contributed by atoms with van der Waals surface area (Å²) in [5.41, 5.74) is 0.711. The van der Waals surface area contributed by atoms with Crippen LogP contribution in [0.3, 0.4) is 0 Å². The van der Waals surface area contributed by atoms with Crippen LogP contribution in [0.25, 0.3) is 11.5 Å². The Morgan fingerprint density at radius 1 is 1.20 bits per heavy atom. The van der Waals surface area contributed by atoms with Gasteiger partial charge in [-0.15, -0.1) is 0 Å². The molecular formula is C17H20N2O5S. The van der Waals surface area contributed by atoms with Crippen LogP contribution < -0.4 is 4.72 Å². The molecule has 1 saturated carbocycles. The van der Waals surface area contributed by atoms with Crippen LogP contribution in [0.1, 0.15) is 25.7 Å².